The van der Waals surface area contributed by atoms with Crippen molar-refractivity contribution in [2.24, 2.45) is 0 Å². The van der Waals surface area contributed by atoms with E-state index >= 15 is 0 Å². The van der Waals surface area contributed by atoms with Crippen molar-refractivity contribution in [3.8, 4) is 0 Å². The van der Waals surface area contributed by atoms with Gasteiger partial charge < -0.3 is 5.32 Å². The molecular weight excluding hydrogens is 472 g/mol. The van der Waals surface area contributed by atoms with Crippen LogP contribution in [-0.4, -0.2) is 17.0 Å². The zero-order chi connectivity index (χ0) is 26.5. The Bertz CT molecular complexity index is 1300. The van der Waals surface area contributed by atoms with E-state index in [9.17, 15) is 0 Å². The fraction of sp³-hybridized carbons (Fsp3) is 0.189. The molecule has 2 heteroatoms. The van der Waals surface area contributed by atoms with E-state index in [1.54, 1.807) is 0 Å². The highest BCUT2D eigenvalue weighted by molar-refractivity contribution is 5.23. The first-order valence-corrected chi connectivity index (χ1v) is 14.0. The van der Waals surface area contributed by atoms with Crippen molar-refractivity contribution in [2.75, 3.05) is 0 Å². The molecule has 5 aromatic rings. The van der Waals surface area contributed by atoms with Crippen LogP contribution in [0.2, 0.25) is 0 Å². The van der Waals surface area contributed by atoms with Crippen molar-refractivity contribution in [2.45, 2.75) is 44.6 Å². The van der Waals surface area contributed by atoms with E-state index in [0.717, 1.165) is 32.5 Å². The van der Waals surface area contributed by atoms with Gasteiger partial charge in [-0.2, -0.15) is 0 Å². The first-order chi connectivity index (χ1) is 19.3. The number of hydrogen-bond acceptors (Lipinski definition) is 2. The number of nitrogens with zero attached hydrogens (tertiary/aromatic N) is 1. The van der Waals surface area contributed by atoms with Gasteiger partial charge in [0.1, 0.15) is 0 Å². The molecule has 0 saturated heterocycles. The quantitative estimate of drug-likeness (QED) is 0.175. The van der Waals surface area contributed by atoms with Gasteiger partial charge in [0.25, 0.3) is 0 Å². The lowest BCUT2D eigenvalue weighted by atomic mass is 9.91. The van der Waals surface area contributed by atoms with Crippen molar-refractivity contribution in [3.05, 3.63) is 179 Å². The summed E-state index contributed by atoms with van der Waals surface area (Å²) in [5.74, 6) is 0. The van der Waals surface area contributed by atoms with Crippen molar-refractivity contribution >= 4 is 0 Å². The summed E-state index contributed by atoms with van der Waals surface area (Å²) in [6, 6.07) is 55.0. The summed E-state index contributed by atoms with van der Waals surface area (Å²) in [6.45, 7) is 2.63. The summed E-state index contributed by atoms with van der Waals surface area (Å²) in [7, 11) is 0. The molecule has 0 saturated carbocycles. The van der Waals surface area contributed by atoms with Gasteiger partial charge in [-0.1, -0.05) is 152 Å². The molecule has 0 aromatic heterocycles. The molecule has 0 aliphatic rings. The zero-order valence-electron chi connectivity index (χ0n) is 22.6. The topological polar surface area (TPSA) is 15.3 Å². The average molecular weight is 511 g/mol. The Balaban J connectivity index is 1.52. The first kappa shape index (κ1) is 26.6. The highest BCUT2D eigenvalue weighted by Crippen LogP contribution is 2.22. The van der Waals surface area contributed by atoms with Crippen LogP contribution < -0.4 is 5.32 Å². The molecule has 5 aromatic carbocycles. The Hall–Kier alpha value is -3.98. The maximum absolute atomic E-state index is 4.02. The Morgan fingerprint density at radius 1 is 0.410 bits per heavy atom. The molecule has 0 bridgehead atoms. The first-order valence-electron chi connectivity index (χ1n) is 14.0. The van der Waals surface area contributed by atoms with Gasteiger partial charge in [0.15, 0.2) is 0 Å². The molecule has 5 rings (SSSR count). The molecule has 1 unspecified atom stereocenters. The molecule has 0 aliphatic heterocycles. The second-order valence-electron chi connectivity index (χ2n) is 10.3. The van der Waals surface area contributed by atoms with Crippen LogP contribution in [0.15, 0.2) is 152 Å². The molecule has 2 nitrogen and oxygen atoms in total. The SMILES string of the molecule is c1ccc(CNC(Cc2ccccc2)[C@H](Cc2ccccc2)N(Cc2ccccc2)Cc2ccccc2)cc1. The smallest absolute Gasteiger partial charge is 0.0300 e. The number of hydrogen-bond donors (Lipinski definition) is 1. The molecule has 0 amide bonds. The number of benzene rings is 5. The van der Waals surface area contributed by atoms with Gasteiger partial charge in [0, 0.05) is 31.7 Å². The summed E-state index contributed by atoms with van der Waals surface area (Å²) in [6.07, 6.45) is 1.94. The van der Waals surface area contributed by atoms with Crippen LogP contribution >= 0.6 is 0 Å². The van der Waals surface area contributed by atoms with Crippen LogP contribution in [0.25, 0.3) is 0 Å². The third-order valence-corrected chi connectivity index (χ3v) is 7.39. The van der Waals surface area contributed by atoms with E-state index in [0.29, 0.717) is 0 Å². The van der Waals surface area contributed by atoms with Gasteiger partial charge in [-0.25, -0.2) is 0 Å². The van der Waals surface area contributed by atoms with Crippen LogP contribution in [0.4, 0.5) is 0 Å². The van der Waals surface area contributed by atoms with Crippen molar-refractivity contribution < 1.29 is 0 Å². The molecule has 0 aliphatic carbocycles. The molecule has 196 valence electrons. The Morgan fingerprint density at radius 3 is 1.21 bits per heavy atom. The maximum Gasteiger partial charge on any atom is 0.0300 e. The molecule has 1 N–H and O–H groups in total. The van der Waals surface area contributed by atoms with Gasteiger partial charge >= 0.3 is 0 Å². The minimum Gasteiger partial charge on any atom is -0.308 e. The monoisotopic (exact) mass is 510 g/mol. The van der Waals surface area contributed by atoms with Crippen molar-refractivity contribution in [3.63, 3.8) is 0 Å². The third-order valence-electron chi connectivity index (χ3n) is 7.39. The van der Waals surface area contributed by atoms with Gasteiger partial charge in [0.05, 0.1) is 0 Å². The van der Waals surface area contributed by atoms with Gasteiger partial charge in [-0.05, 0) is 40.7 Å². The van der Waals surface area contributed by atoms with E-state index < -0.39 is 0 Å². The Labute approximate surface area is 234 Å². The predicted octanol–water partition coefficient (Wildman–Crippen LogP) is 7.70. The Morgan fingerprint density at radius 2 is 0.769 bits per heavy atom. The van der Waals surface area contributed by atoms with E-state index in [2.05, 4.69) is 162 Å². The van der Waals surface area contributed by atoms with Crippen LogP contribution in [0.3, 0.4) is 0 Å². The average Bonchev–Trinajstić information content (AvgIpc) is 3.00. The lowest BCUT2D eigenvalue weighted by Crippen LogP contribution is -2.51. The molecule has 0 spiro atoms. The second-order valence-corrected chi connectivity index (χ2v) is 10.3. The summed E-state index contributed by atoms with van der Waals surface area (Å²) in [5.41, 5.74) is 6.72. The molecule has 0 radical (unpaired) electrons. The third kappa shape index (κ3) is 8.25. The van der Waals surface area contributed by atoms with E-state index in [4.69, 9.17) is 0 Å². The van der Waals surface area contributed by atoms with E-state index in [1.165, 1.54) is 27.8 Å². The molecular formula is C37H38N2. The Kier molecular flexibility index (Phi) is 9.73. The summed E-state index contributed by atoms with van der Waals surface area (Å²) >= 11 is 0. The van der Waals surface area contributed by atoms with Crippen molar-refractivity contribution in [1.82, 2.24) is 10.2 Å². The molecule has 39 heavy (non-hydrogen) atoms. The fourth-order valence-electron chi connectivity index (χ4n) is 5.36. The molecule has 2 atom stereocenters. The zero-order valence-corrected chi connectivity index (χ0v) is 22.6. The normalized spacial score (nSPS) is 12.7. The van der Waals surface area contributed by atoms with Crippen LogP contribution in [0.1, 0.15) is 27.8 Å². The van der Waals surface area contributed by atoms with Crippen molar-refractivity contribution in [1.29, 1.82) is 0 Å². The highest BCUT2D eigenvalue weighted by Gasteiger charge is 2.28. The highest BCUT2D eigenvalue weighted by atomic mass is 15.2. The lowest BCUT2D eigenvalue weighted by Gasteiger charge is -2.38. The maximum atomic E-state index is 4.02. The van der Waals surface area contributed by atoms with E-state index in [1.807, 2.05) is 0 Å². The lowest BCUT2D eigenvalue weighted by molar-refractivity contribution is 0.136. The number of rotatable bonds is 13. The standard InChI is InChI=1S/C37H38N2/c1-6-16-31(17-7-1)26-36(38-28-33-20-10-3-11-21-33)37(27-32-18-8-2-9-19-32)39(29-34-22-12-4-13-23-34)30-35-24-14-5-15-25-35/h1-25,36-38H,26-30H2/t36?,37-/m0/s1. The summed E-state index contributed by atoms with van der Waals surface area (Å²) < 4.78 is 0. The predicted molar refractivity (Wildman–Crippen MR) is 163 cm³/mol. The fourth-order valence-corrected chi connectivity index (χ4v) is 5.36. The van der Waals surface area contributed by atoms with Gasteiger partial charge in [-0.15, -0.1) is 0 Å². The van der Waals surface area contributed by atoms with Crippen LogP contribution in [0, 0.1) is 0 Å². The van der Waals surface area contributed by atoms with Gasteiger partial charge in [0.2, 0.25) is 0 Å². The summed E-state index contributed by atoms with van der Waals surface area (Å²) in [4.78, 5) is 2.68. The van der Waals surface area contributed by atoms with Crippen LogP contribution in [-0.2, 0) is 32.5 Å². The van der Waals surface area contributed by atoms with Crippen LogP contribution in [0.5, 0.6) is 0 Å². The number of nitrogens with one attached hydrogen (secondary N) is 1. The minimum atomic E-state index is 0.250. The van der Waals surface area contributed by atoms with E-state index in [-0.39, 0.29) is 12.1 Å². The van der Waals surface area contributed by atoms with Gasteiger partial charge in [-0.3, -0.25) is 4.90 Å². The molecule has 0 heterocycles. The summed E-state index contributed by atoms with van der Waals surface area (Å²) in [5, 5.41) is 4.02. The molecule has 0 fully saturated rings. The minimum absolute atomic E-state index is 0.250. The second kappa shape index (κ2) is 14.2. The largest absolute Gasteiger partial charge is 0.308 e.